The summed E-state index contributed by atoms with van der Waals surface area (Å²) in [4.78, 5) is 2.49. The van der Waals surface area contributed by atoms with Crippen molar-refractivity contribution in [3.8, 4) is 0 Å². The van der Waals surface area contributed by atoms with Crippen molar-refractivity contribution in [1.29, 1.82) is 0 Å². The maximum Gasteiger partial charge on any atom is 0.0453 e. The Hall–Kier alpha value is -0.570. The van der Waals surface area contributed by atoms with Crippen LogP contribution in [0.5, 0.6) is 0 Å². The predicted molar refractivity (Wildman–Crippen MR) is 73.3 cm³/mol. The Balaban J connectivity index is 2.00. The first-order chi connectivity index (χ1) is 8.29. The summed E-state index contributed by atoms with van der Waals surface area (Å²) in [6, 6.07) is 6.37. The lowest BCUT2D eigenvalue weighted by Crippen LogP contribution is -2.29. The van der Waals surface area contributed by atoms with Gasteiger partial charge < -0.3 is 5.73 Å². The molecule has 1 saturated heterocycles. The molecule has 1 aromatic carbocycles. The van der Waals surface area contributed by atoms with Crippen LogP contribution in [0.3, 0.4) is 0 Å². The molecule has 1 aliphatic heterocycles. The molecule has 2 nitrogen and oxygen atoms in total. The highest BCUT2D eigenvalue weighted by molar-refractivity contribution is 6.31. The Morgan fingerprint density at radius 3 is 2.59 bits per heavy atom. The van der Waals surface area contributed by atoms with Gasteiger partial charge in [0.25, 0.3) is 0 Å². The van der Waals surface area contributed by atoms with Crippen LogP contribution in [-0.4, -0.2) is 24.5 Å². The normalized spacial score (nSPS) is 17.3. The third-order valence-corrected chi connectivity index (χ3v) is 3.74. The van der Waals surface area contributed by atoms with E-state index < -0.39 is 0 Å². The highest BCUT2D eigenvalue weighted by atomic mass is 35.5. The van der Waals surface area contributed by atoms with Gasteiger partial charge in [-0.3, -0.25) is 4.90 Å². The van der Waals surface area contributed by atoms with Crippen LogP contribution in [0, 0.1) is 0 Å². The van der Waals surface area contributed by atoms with E-state index in [0.717, 1.165) is 18.0 Å². The molecule has 0 amide bonds. The van der Waals surface area contributed by atoms with Gasteiger partial charge in [0.15, 0.2) is 0 Å². The first-order valence-electron chi connectivity index (χ1n) is 6.49. The van der Waals surface area contributed by atoms with E-state index in [4.69, 9.17) is 17.3 Å². The molecule has 0 bridgehead atoms. The fourth-order valence-electron chi connectivity index (χ4n) is 2.40. The Morgan fingerprint density at radius 2 is 1.94 bits per heavy atom. The lowest BCUT2D eigenvalue weighted by molar-refractivity contribution is 0.221. The number of piperidine rings is 1. The van der Waals surface area contributed by atoms with Gasteiger partial charge in [0.1, 0.15) is 0 Å². The zero-order valence-corrected chi connectivity index (χ0v) is 11.0. The van der Waals surface area contributed by atoms with E-state index in [-0.39, 0.29) is 0 Å². The minimum absolute atomic E-state index is 0.682. The molecule has 94 valence electrons. The molecule has 1 aliphatic rings. The number of hydrogen-bond donors (Lipinski definition) is 1. The number of likely N-dealkylation sites (tertiary alicyclic amines) is 1. The molecule has 2 N–H and O–H groups in total. The van der Waals surface area contributed by atoms with Crippen LogP contribution in [0.1, 0.15) is 30.4 Å². The number of benzene rings is 1. The Kier molecular flexibility index (Phi) is 4.84. The highest BCUT2D eigenvalue weighted by Gasteiger charge is 2.12. The van der Waals surface area contributed by atoms with Crippen molar-refractivity contribution in [3.05, 3.63) is 34.3 Å². The first-order valence-corrected chi connectivity index (χ1v) is 6.87. The van der Waals surface area contributed by atoms with E-state index >= 15 is 0 Å². The summed E-state index contributed by atoms with van der Waals surface area (Å²) in [7, 11) is 0. The van der Waals surface area contributed by atoms with Crippen LogP contribution >= 0.6 is 11.6 Å². The van der Waals surface area contributed by atoms with Gasteiger partial charge in [-0.25, -0.2) is 0 Å². The van der Waals surface area contributed by atoms with Crippen molar-refractivity contribution in [1.82, 2.24) is 4.90 Å². The molecule has 0 aromatic heterocycles. The second-order valence-corrected chi connectivity index (χ2v) is 5.21. The molecule has 1 aromatic rings. The van der Waals surface area contributed by atoms with Crippen LogP contribution < -0.4 is 5.73 Å². The number of halogens is 1. The standard InChI is InChI=1S/C14H21ClN2/c15-14-10-12(6-7-16)4-5-13(14)11-17-8-2-1-3-9-17/h4-5,10H,1-3,6-9,11,16H2. The molecule has 0 atom stereocenters. The Labute approximate surface area is 109 Å². The fraction of sp³-hybridized carbons (Fsp3) is 0.571. The number of hydrogen-bond acceptors (Lipinski definition) is 2. The molecule has 0 spiro atoms. The molecule has 0 saturated carbocycles. The summed E-state index contributed by atoms with van der Waals surface area (Å²) >= 11 is 6.32. The number of nitrogens with zero attached hydrogens (tertiary/aromatic N) is 1. The molecular weight excluding hydrogens is 232 g/mol. The van der Waals surface area contributed by atoms with Crippen LogP contribution in [0.15, 0.2) is 18.2 Å². The maximum absolute atomic E-state index is 6.32. The molecular formula is C14H21ClN2. The van der Waals surface area contributed by atoms with E-state index in [2.05, 4.69) is 23.1 Å². The van der Waals surface area contributed by atoms with Crippen molar-refractivity contribution in [2.45, 2.75) is 32.2 Å². The molecule has 0 aliphatic carbocycles. The predicted octanol–water partition coefficient (Wildman–Crippen LogP) is 2.83. The van der Waals surface area contributed by atoms with Crippen LogP contribution in [-0.2, 0) is 13.0 Å². The quantitative estimate of drug-likeness (QED) is 0.893. The SMILES string of the molecule is NCCc1ccc(CN2CCCCC2)c(Cl)c1. The molecule has 0 radical (unpaired) electrons. The monoisotopic (exact) mass is 252 g/mol. The zero-order chi connectivity index (χ0) is 12.1. The molecule has 0 unspecified atom stereocenters. The topological polar surface area (TPSA) is 29.3 Å². The Bertz CT molecular complexity index is 359. The van der Waals surface area contributed by atoms with E-state index in [9.17, 15) is 0 Å². The van der Waals surface area contributed by atoms with E-state index in [1.807, 2.05) is 0 Å². The molecule has 3 heteroatoms. The van der Waals surface area contributed by atoms with Crippen molar-refractivity contribution in [2.75, 3.05) is 19.6 Å². The van der Waals surface area contributed by atoms with Gasteiger partial charge in [-0.1, -0.05) is 30.2 Å². The van der Waals surface area contributed by atoms with Gasteiger partial charge in [0, 0.05) is 11.6 Å². The minimum atomic E-state index is 0.682. The van der Waals surface area contributed by atoms with Crippen molar-refractivity contribution < 1.29 is 0 Å². The lowest BCUT2D eigenvalue weighted by atomic mass is 10.1. The van der Waals surface area contributed by atoms with Crippen molar-refractivity contribution in [3.63, 3.8) is 0 Å². The summed E-state index contributed by atoms with van der Waals surface area (Å²) in [5.74, 6) is 0. The molecule has 2 rings (SSSR count). The van der Waals surface area contributed by atoms with E-state index in [1.165, 1.54) is 43.5 Å². The zero-order valence-electron chi connectivity index (χ0n) is 10.3. The van der Waals surface area contributed by atoms with Gasteiger partial charge in [-0.05, 0) is 56.1 Å². The smallest absolute Gasteiger partial charge is 0.0453 e. The fourth-order valence-corrected chi connectivity index (χ4v) is 2.66. The van der Waals surface area contributed by atoms with Gasteiger partial charge in [-0.2, -0.15) is 0 Å². The van der Waals surface area contributed by atoms with E-state index in [0.29, 0.717) is 6.54 Å². The third kappa shape index (κ3) is 3.70. The van der Waals surface area contributed by atoms with E-state index in [1.54, 1.807) is 0 Å². The average molecular weight is 253 g/mol. The second kappa shape index (κ2) is 6.39. The van der Waals surface area contributed by atoms with Crippen LogP contribution in [0.2, 0.25) is 5.02 Å². The number of nitrogens with two attached hydrogens (primary N) is 1. The molecule has 1 heterocycles. The summed E-state index contributed by atoms with van der Waals surface area (Å²) in [5, 5.41) is 0.890. The lowest BCUT2D eigenvalue weighted by Gasteiger charge is -2.26. The summed E-state index contributed by atoms with van der Waals surface area (Å²) < 4.78 is 0. The van der Waals surface area contributed by atoms with Gasteiger partial charge in [0.2, 0.25) is 0 Å². The minimum Gasteiger partial charge on any atom is -0.330 e. The third-order valence-electron chi connectivity index (χ3n) is 3.39. The van der Waals surface area contributed by atoms with Gasteiger partial charge in [0.05, 0.1) is 0 Å². The first kappa shape index (κ1) is 12.9. The van der Waals surface area contributed by atoms with Gasteiger partial charge in [-0.15, -0.1) is 0 Å². The van der Waals surface area contributed by atoms with Crippen molar-refractivity contribution >= 4 is 11.6 Å². The van der Waals surface area contributed by atoms with Crippen LogP contribution in [0.25, 0.3) is 0 Å². The average Bonchev–Trinajstić information content (AvgIpc) is 2.34. The highest BCUT2D eigenvalue weighted by Crippen LogP contribution is 2.21. The summed E-state index contributed by atoms with van der Waals surface area (Å²) in [6.07, 6.45) is 4.93. The van der Waals surface area contributed by atoms with Crippen LogP contribution in [0.4, 0.5) is 0 Å². The largest absolute Gasteiger partial charge is 0.330 e. The molecule has 17 heavy (non-hydrogen) atoms. The number of rotatable bonds is 4. The summed E-state index contributed by atoms with van der Waals surface area (Å²) in [6.45, 7) is 4.09. The molecule has 1 fully saturated rings. The van der Waals surface area contributed by atoms with Crippen molar-refractivity contribution in [2.24, 2.45) is 5.73 Å². The maximum atomic E-state index is 6.32. The van der Waals surface area contributed by atoms with Gasteiger partial charge >= 0.3 is 0 Å². The second-order valence-electron chi connectivity index (χ2n) is 4.80. The summed E-state index contributed by atoms with van der Waals surface area (Å²) in [5.41, 5.74) is 8.03. The Morgan fingerprint density at radius 1 is 1.18 bits per heavy atom.